The van der Waals surface area contributed by atoms with E-state index >= 15 is 0 Å². The Hall–Kier alpha value is -1.39. The standard InChI is InChI=1S/C13H14O3S/c1-8-4-11-6-9(2)10(3)7-12(11)13(5-8)17(14,15)16/h4-7H,1-3H3,(H,14,15,16). The molecule has 0 atom stereocenters. The van der Waals surface area contributed by atoms with Crippen molar-refractivity contribution in [2.75, 3.05) is 0 Å². The lowest BCUT2D eigenvalue weighted by Crippen LogP contribution is -2.00. The average molecular weight is 250 g/mol. The summed E-state index contributed by atoms with van der Waals surface area (Å²) < 4.78 is 31.9. The molecule has 2 aromatic rings. The summed E-state index contributed by atoms with van der Waals surface area (Å²) in [5.74, 6) is 0. The minimum Gasteiger partial charge on any atom is -0.282 e. The molecule has 0 radical (unpaired) electrons. The van der Waals surface area contributed by atoms with Crippen molar-refractivity contribution in [2.24, 2.45) is 0 Å². The van der Waals surface area contributed by atoms with Crippen LogP contribution in [0.15, 0.2) is 29.2 Å². The van der Waals surface area contributed by atoms with E-state index in [0.29, 0.717) is 5.39 Å². The van der Waals surface area contributed by atoms with Gasteiger partial charge in [0.2, 0.25) is 0 Å². The number of aryl methyl sites for hydroxylation is 3. The molecule has 90 valence electrons. The van der Waals surface area contributed by atoms with E-state index in [2.05, 4.69) is 0 Å². The maximum Gasteiger partial charge on any atom is 0.295 e. The van der Waals surface area contributed by atoms with Crippen LogP contribution in [0.25, 0.3) is 10.8 Å². The van der Waals surface area contributed by atoms with Crippen LogP contribution in [-0.2, 0) is 10.1 Å². The summed E-state index contributed by atoms with van der Waals surface area (Å²) in [6.07, 6.45) is 0. The van der Waals surface area contributed by atoms with E-state index < -0.39 is 10.1 Å². The Kier molecular flexibility index (Phi) is 2.72. The van der Waals surface area contributed by atoms with Crippen molar-refractivity contribution < 1.29 is 13.0 Å². The molecule has 2 aromatic carbocycles. The van der Waals surface area contributed by atoms with Crippen LogP contribution in [0.4, 0.5) is 0 Å². The fourth-order valence-corrected chi connectivity index (χ4v) is 2.75. The lowest BCUT2D eigenvalue weighted by molar-refractivity contribution is 0.484. The first-order chi connectivity index (χ1) is 7.79. The van der Waals surface area contributed by atoms with Crippen LogP contribution in [-0.4, -0.2) is 13.0 Å². The third-order valence-electron chi connectivity index (χ3n) is 2.95. The van der Waals surface area contributed by atoms with Gasteiger partial charge in [0.1, 0.15) is 4.90 Å². The van der Waals surface area contributed by atoms with Gasteiger partial charge < -0.3 is 0 Å². The molecule has 0 heterocycles. The Bertz CT molecular complexity index is 700. The van der Waals surface area contributed by atoms with E-state index in [-0.39, 0.29) is 4.90 Å². The van der Waals surface area contributed by atoms with Gasteiger partial charge in [-0.05, 0) is 55.0 Å². The number of fused-ring (bicyclic) bond motifs is 1. The highest BCUT2D eigenvalue weighted by Gasteiger charge is 2.15. The molecule has 0 spiro atoms. The van der Waals surface area contributed by atoms with Gasteiger partial charge in [0.05, 0.1) is 0 Å². The molecule has 0 aliphatic carbocycles. The molecule has 1 N–H and O–H groups in total. The van der Waals surface area contributed by atoms with E-state index in [1.54, 1.807) is 6.07 Å². The maximum atomic E-state index is 11.4. The lowest BCUT2D eigenvalue weighted by atomic mass is 10.0. The Morgan fingerprint density at radius 1 is 0.941 bits per heavy atom. The van der Waals surface area contributed by atoms with Gasteiger partial charge in [-0.2, -0.15) is 8.42 Å². The smallest absolute Gasteiger partial charge is 0.282 e. The summed E-state index contributed by atoms with van der Waals surface area (Å²) in [5.41, 5.74) is 2.92. The Morgan fingerprint density at radius 2 is 1.53 bits per heavy atom. The van der Waals surface area contributed by atoms with Crippen molar-refractivity contribution in [3.63, 3.8) is 0 Å². The zero-order valence-corrected chi connectivity index (χ0v) is 10.8. The van der Waals surface area contributed by atoms with Crippen molar-refractivity contribution in [2.45, 2.75) is 25.7 Å². The molecule has 2 rings (SSSR count). The molecule has 0 aliphatic rings. The second kappa shape index (κ2) is 3.82. The predicted octanol–water partition coefficient (Wildman–Crippen LogP) is 3.01. The number of hydrogen-bond donors (Lipinski definition) is 1. The second-order valence-corrected chi connectivity index (χ2v) is 5.79. The highest BCUT2D eigenvalue weighted by Crippen LogP contribution is 2.27. The highest BCUT2D eigenvalue weighted by molar-refractivity contribution is 7.86. The molecular formula is C13H14O3S. The van der Waals surface area contributed by atoms with Crippen LogP contribution in [0.5, 0.6) is 0 Å². The molecule has 0 fully saturated rings. The van der Waals surface area contributed by atoms with Gasteiger partial charge in [-0.15, -0.1) is 0 Å². The van der Waals surface area contributed by atoms with Gasteiger partial charge in [0.25, 0.3) is 10.1 Å². The SMILES string of the molecule is Cc1cc(S(=O)(=O)O)c2cc(C)c(C)cc2c1. The predicted molar refractivity (Wildman–Crippen MR) is 68.0 cm³/mol. The molecular weight excluding hydrogens is 236 g/mol. The molecule has 4 heteroatoms. The Balaban J connectivity index is 2.98. The van der Waals surface area contributed by atoms with E-state index in [0.717, 1.165) is 22.1 Å². The summed E-state index contributed by atoms with van der Waals surface area (Å²) in [4.78, 5) is -0.0180. The monoisotopic (exact) mass is 250 g/mol. The van der Waals surface area contributed by atoms with E-state index in [1.165, 1.54) is 6.07 Å². The zero-order chi connectivity index (χ0) is 12.8. The molecule has 3 nitrogen and oxygen atoms in total. The van der Waals surface area contributed by atoms with Crippen molar-refractivity contribution in [1.29, 1.82) is 0 Å². The van der Waals surface area contributed by atoms with Gasteiger partial charge in [-0.3, -0.25) is 4.55 Å². The summed E-state index contributed by atoms with van der Waals surface area (Å²) in [5, 5.41) is 1.40. The minimum absolute atomic E-state index is 0.0180. The third-order valence-corrected chi connectivity index (χ3v) is 3.84. The van der Waals surface area contributed by atoms with Gasteiger partial charge in [0, 0.05) is 5.39 Å². The number of hydrogen-bond acceptors (Lipinski definition) is 2. The van der Waals surface area contributed by atoms with E-state index in [9.17, 15) is 13.0 Å². The lowest BCUT2D eigenvalue weighted by Gasteiger charge is -2.09. The van der Waals surface area contributed by atoms with Crippen molar-refractivity contribution in [3.8, 4) is 0 Å². The third kappa shape index (κ3) is 2.18. The van der Waals surface area contributed by atoms with Gasteiger partial charge in [-0.25, -0.2) is 0 Å². The van der Waals surface area contributed by atoms with Crippen molar-refractivity contribution in [1.82, 2.24) is 0 Å². The van der Waals surface area contributed by atoms with Crippen LogP contribution in [0, 0.1) is 20.8 Å². The molecule has 0 saturated heterocycles. The largest absolute Gasteiger partial charge is 0.295 e. The maximum absolute atomic E-state index is 11.4. The molecule has 0 amide bonds. The van der Waals surface area contributed by atoms with Crippen LogP contribution in [0.1, 0.15) is 16.7 Å². The Labute approximate surface area is 101 Å². The summed E-state index contributed by atoms with van der Waals surface area (Å²) in [7, 11) is -4.18. The summed E-state index contributed by atoms with van der Waals surface area (Å²) in [6.45, 7) is 5.70. The van der Waals surface area contributed by atoms with Crippen LogP contribution >= 0.6 is 0 Å². The van der Waals surface area contributed by atoms with Gasteiger partial charge >= 0.3 is 0 Å². The molecule has 17 heavy (non-hydrogen) atoms. The fourth-order valence-electron chi connectivity index (χ4n) is 1.96. The number of benzene rings is 2. The van der Waals surface area contributed by atoms with Crippen molar-refractivity contribution >= 4 is 20.9 Å². The Morgan fingerprint density at radius 3 is 2.12 bits per heavy atom. The van der Waals surface area contributed by atoms with Crippen LogP contribution < -0.4 is 0 Å². The molecule has 0 aliphatic heterocycles. The van der Waals surface area contributed by atoms with Crippen LogP contribution in [0.2, 0.25) is 0 Å². The molecule has 0 aromatic heterocycles. The van der Waals surface area contributed by atoms with Crippen LogP contribution in [0.3, 0.4) is 0 Å². The van der Waals surface area contributed by atoms with Gasteiger partial charge in [0.15, 0.2) is 0 Å². The molecule has 0 bridgehead atoms. The average Bonchev–Trinajstić information content (AvgIpc) is 2.18. The van der Waals surface area contributed by atoms with E-state index in [4.69, 9.17) is 0 Å². The van der Waals surface area contributed by atoms with Crippen molar-refractivity contribution in [3.05, 3.63) is 41.0 Å². The quantitative estimate of drug-likeness (QED) is 0.791. The summed E-state index contributed by atoms with van der Waals surface area (Å²) in [6, 6.07) is 7.14. The van der Waals surface area contributed by atoms with Gasteiger partial charge in [-0.1, -0.05) is 12.1 Å². The first-order valence-electron chi connectivity index (χ1n) is 5.28. The minimum atomic E-state index is -4.18. The first kappa shape index (κ1) is 12.1. The second-order valence-electron chi connectivity index (χ2n) is 4.40. The molecule has 0 unspecified atom stereocenters. The fraction of sp³-hybridized carbons (Fsp3) is 0.231. The zero-order valence-electron chi connectivity index (χ0n) is 9.98. The highest BCUT2D eigenvalue weighted by atomic mass is 32.2. The summed E-state index contributed by atoms with van der Waals surface area (Å²) >= 11 is 0. The normalized spacial score (nSPS) is 12.0. The molecule has 0 saturated carbocycles. The first-order valence-corrected chi connectivity index (χ1v) is 6.72. The number of rotatable bonds is 1. The van der Waals surface area contributed by atoms with E-state index in [1.807, 2.05) is 32.9 Å². The topological polar surface area (TPSA) is 54.4 Å².